The smallest absolute Gasteiger partial charge is 0.277 e. The topological polar surface area (TPSA) is 111 Å². The molecule has 1 aliphatic heterocycles. The van der Waals surface area contributed by atoms with Crippen LogP contribution in [0.3, 0.4) is 0 Å². The van der Waals surface area contributed by atoms with Crippen molar-refractivity contribution in [2.45, 2.75) is 34.2 Å². The largest absolute Gasteiger partial charge is 0.284 e. The van der Waals surface area contributed by atoms with Crippen LogP contribution < -0.4 is 0 Å². The lowest BCUT2D eigenvalue weighted by Gasteiger charge is -2.25. The van der Waals surface area contributed by atoms with Crippen LogP contribution in [0.25, 0.3) is 5.65 Å². The van der Waals surface area contributed by atoms with Gasteiger partial charge in [-0.1, -0.05) is 12.5 Å². The van der Waals surface area contributed by atoms with Crippen molar-refractivity contribution in [3.05, 3.63) is 52.7 Å². The number of fused-ring (bicyclic) bond motifs is 1. The van der Waals surface area contributed by atoms with Crippen molar-refractivity contribution in [1.82, 2.24) is 18.9 Å². The van der Waals surface area contributed by atoms with Crippen LogP contribution in [0.4, 0.5) is 5.69 Å². The van der Waals surface area contributed by atoms with Crippen LogP contribution in [-0.4, -0.2) is 45.3 Å². The van der Waals surface area contributed by atoms with E-state index in [0.717, 1.165) is 37.1 Å². The number of nitro benzene ring substituents is 1. The minimum absolute atomic E-state index is 0.0587. The van der Waals surface area contributed by atoms with Gasteiger partial charge >= 0.3 is 0 Å². The Labute approximate surface area is 165 Å². The third kappa shape index (κ3) is 3.48. The molecule has 9 nitrogen and oxygen atoms in total. The van der Waals surface area contributed by atoms with Gasteiger partial charge in [0.15, 0.2) is 5.65 Å². The zero-order valence-electron chi connectivity index (χ0n) is 14.8. The number of aromatic nitrogens is 3. The zero-order valence-corrected chi connectivity index (χ0v) is 16.4. The van der Waals surface area contributed by atoms with Gasteiger partial charge in [0.1, 0.15) is 0 Å². The lowest BCUT2D eigenvalue weighted by atomic mass is 10.2. The molecule has 0 radical (unpaired) electrons. The van der Waals surface area contributed by atoms with Crippen LogP contribution in [-0.2, 0) is 10.0 Å². The number of pyridine rings is 1. The highest BCUT2D eigenvalue weighted by atomic mass is 32.2. The zero-order chi connectivity index (χ0) is 19.7. The fourth-order valence-corrected chi connectivity index (χ4v) is 5.57. The third-order valence-electron chi connectivity index (χ3n) is 4.56. The molecule has 0 spiro atoms. The van der Waals surface area contributed by atoms with E-state index in [1.165, 1.54) is 16.4 Å². The molecule has 0 N–H and O–H groups in total. The highest BCUT2D eigenvalue weighted by Gasteiger charge is 2.29. The number of hydrogen-bond acceptors (Lipinski definition) is 7. The van der Waals surface area contributed by atoms with Crippen LogP contribution in [0.1, 0.15) is 19.3 Å². The molecule has 3 aromatic rings. The van der Waals surface area contributed by atoms with E-state index in [1.54, 1.807) is 16.7 Å². The summed E-state index contributed by atoms with van der Waals surface area (Å²) in [6.07, 6.45) is 4.36. The summed E-state index contributed by atoms with van der Waals surface area (Å²) < 4.78 is 28.8. The molecule has 1 aliphatic rings. The van der Waals surface area contributed by atoms with Crippen LogP contribution in [0, 0.1) is 10.1 Å². The fraction of sp³-hybridized carbons (Fsp3) is 0.294. The van der Waals surface area contributed by atoms with Crippen molar-refractivity contribution in [2.75, 3.05) is 13.1 Å². The van der Waals surface area contributed by atoms with Crippen molar-refractivity contribution in [3.63, 3.8) is 0 Å². The number of sulfonamides is 1. The summed E-state index contributed by atoms with van der Waals surface area (Å²) in [6, 6.07) is 9.42. The molecule has 0 bridgehead atoms. The highest BCUT2D eigenvalue weighted by molar-refractivity contribution is 7.99. The van der Waals surface area contributed by atoms with Crippen LogP contribution in [0.15, 0.2) is 57.5 Å². The second-order valence-corrected chi connectivity index (χ2v) is 9.31. The molecule has 3 heterocycles. The Morgan fingerprint density at radius 2 is 1.86 bits per heavy atom. The second-order valence-electron chi connectivity index (χ2n) is 6.36. The van der Waals surface area contributed by atoms with E-state index in [4.69, 9.17) is 0 Å². The summed E-state index contributed by atoms with van der Waals surface area (Å²) in [7, 11) is -3.75. The number of benzene rings is 1. The number of rotatable bonds is 5. The molecular weight excluding hydrogens is 402 g/mol. The molecule has 0 amide bonds. The van der Waals surface area contributed by atoms with E-state index in [2.05, 4.69) is 10.2 Å². The Bertz CT molecular complexity index is 1140. The molecule has 1 fully saturated rings. The van der Waals surface area contributed by atoms with Crippen LogP contribution in [0.2, 0.25) is 0 Å². The van der Waals surface area contributed by atoms with Gasteiger partial charge in [0, 0.05) is 25.4 Å². The van der Waals surface area contributed by atoms with Gasteiger partial charge in [0.25, 0.3) is 5.69 Å². The Balaban J connectivity index is 1.70. The van der Waals surface area contributed by atoms with Crippen molar-refractivity contribution < 1.29 is 13.3 Å². The summed E-state index contributed by atoms with van der Waals surface area (Å²) in [5.74, 6) is 0. The minimum Gasteiger partial charge on any atom is -0.277 e. The van der Waals surface area contributed by atoms with E-state index < -0.39 is 14.9 Å². The number of nitro groups is 1. The van der Waals surface area contributed by atoms with Crippen molar-refractivity contribution in [2.24, 2.45) is 0 Å². The van der Waals surface area contributed by atoms with E-state index in [1.807, 2.05) is 12.1 Å². The first kappa shape index (κ1) is 18.8. The number of hydrogen-bond donors (Lipinski definition) is 0. The van der Waals surface area contributed by atoms with Gasteiger partial charge in [-0.25, -0.2) is 8.42 Å². The predicted octanol–water partition coefficient (Wildman–Crippen LogP) is 2.96. The first-order chi connectivity index (χ1) is 13.5. The van der Waals surface area contributed by atoms with E-state index in [0.29, 0.717) is 28.8 Å². The van der Waals surface area contributed by atoms with Crippen molar-refractivity contribution >= 4 is 33.1 Å². The Hall–Kier alpha value is -2.50. The summed E-state index contributed by atoms with van der Waals surface area (Å²) >= 11 is 1.07. The summed E-state index contributed by atoms with van der Waals surface area (Å²) in [6.45, 7) is 0.886. The predicted molar refractivity (Wildman–Crippen MR) is 103 cm³/mol. The second kappa shape index (κ2) is 7.49. The standard InChI is InChI=1S/C17H17N5O4S2/c23-22(24)14-12-13(28(25,26)20-9-3-1-4-10-20)7-8-15(14)27-17-19-18-16-6-2-5-11-21(16)17/h2,5-8,11-12H,1,3-4,9-10H2. The minimum atomic E-state index is -3.75. The summed E-state index contributed by atoms with van der Waals surface area (Å²) in [4.78, 5) is 11.3. The average Bonchev–Trinajstić information content (AvgIpc) is 3.11. The van der Waals surface area contributed by atoms with E-state index in [9.17, 15) is 18.5 Å². The maximum atomic E-state index is 12.8. The molecule has 0 atom stereocenters. The van der Waals surface area contributed by atoms with E-state index >= 15 is 0 Å². The lowest BCUT2D eigenvalue weighted by molar-refractivity contribution is -0.388. The summed E-state index contributed by atoms with van der Waals surface area (Å²) in [5.41, 5.74) is 0.354. The van der Waals surface area contributed by atoms with E-state index in [-0.39, 0.29) is 10.6 Å². The molecule has 0 unspecified atom stereocenters. The molecule has 11 heteroatoms. The van der Waals surface area contributed by atoms with Crippen molar-refractivity contribution in [3.8, 4) is 0 Å². The first-order valence-corrected chi connectivity index (χ1v) is 11.0. The number of piperidine rings is 1. The fourth-order valence-electron chi connectivity index (χ4n) is 3.13. The average molecular weight is 419 g/mol. The van der Waals surface area contributed by atoms with Gasteiger partial charge in [-0.15, -0.1) is 10.2 Å². The SMILES string of the molecule is O=[N+]([O-])c1cc(S(=O)(=O)N2CCCCC2)ccc1Sc1nnc2ccccn12. The molecule has 2 aromatic heterocycles. The van der Waals surface area contributed by atoms with Gasteiger partial charge in [-0.3, -0.25) is 14.5 Å². The third-order valence-corrected chi connectivity index (χ3v) is 7.48. The van der Waals surface area contributed by atoms with Crippen LogP contribution in [0.5, 0.6) is 0 Å². The van der Waals surface area contributed by atoms with Gasteiger partial charge in [-0.05, 0) is 48.9 Å². The Morgan fingerprint density at radius 3 is 2.61 bits per heavy atom. The molecule has 0 aliphatic carbocycles. The Morgan fingerprint density at radius 1 is 1.07 bits per heavy atom. The molecule has 28 heavy (non-hydrogen) atoms. The number of nitrogens with zero attached hydrogens (tertiary/aromatic N) is 5. The lowest BCUT2D eigenvalue weighted by Crippen LogP contribution is -2.35. The quantitative estimate of drug-likeness (QED) is 0.462. The molecule has 1 saturated heterocycles. The Kier molecular flexibility index (Phi) is 5.04. The molecule has 4 rings (SSSR count). The summed E-state index contributed by atoms with van der Waals surface area (Å²) in [5, 5.41) is 20.2. The molecular formula is C17H17N5O4S2. The normalized spacial score (nSPS) is 15.7. The maximum absolute atomic E-state index is 12.8. The van der Waals surface area contributed by atoms with Gasteiger partial charge in [0.05, 0.1) is 14.7 Å². The maximum Gasteiger partial charge on any atom is 0.284 e. The monoisotopic (exact) mass is 419 g/mol. The molecule has 146 valence electrons. The van der Waals surface area contributed by atoms with Crippen molar-refractivity contribution in [1.29, 1.82) is 0 Å². The highest BCUT2D eigenvalue weighted by Crippen LogP contribution is 2.36. The molecule has 1 aromatic carbocycles. The van der Waals surface area contributed by atoms with Gasteiger partial charge < -0.3 is 0 Å². The van der Waals surface area contributed by atoms with Gasteiger partial charge in [0.2, 0.25) is 15.2 Å². The van der Waals surface area contributed by atoms with Gasteiger partial charge in [-0.2, -0.15) is 4.31 Å². The molecule has 0 saturated carbocycles. The van der Waals surface area contributed by atoms with Crippen LogP contribution >= 0.6 is 11.8 Å². The first-order valence-electron chi connectivity index (χ1n) is 8.73.